The largest absolute Gasteiger partial charge is 0.509 e. The van der Waals surface area contributed by atoms with Crippen molar-refractivity contribution in [2.75, 3.05) is 6.61 Å². The molecule has 2 rings (SSSR count). The van der Waals surface area contributed by atoms with Crippen LogP contribution in [0.15, 0.2) is 30.3 Å². The number of ether oxygens (including phenoxy) is 2. The molecule has 17 heavy (non-hydrogen) atoms. The van der Waals surface area contributed by atoms with Crippen molar-refractivity contribution in [3.05, 3.63) is 35.9 Å². The fourth-order valence-corrected chi connectivity index (χ4v) is 2.04. The van der Waals surface area contributed by atoms with E-state index in [2.05, 4.69) is 0 Å². The minimum absolute atomic E-state index is 0.0378. The topological polar surface area (TPSA) is 55.8 Å². The molecule has 0 radical (unpaired) electrons. The van der Waals surface area contributed by atoms with Gasteiger partial charge < -0.3 is 14.6 Å². The number of benzene rings is 1. The number of carbonyl (C=O) groups is 1. The number of rotatable bonds is 3. The summed E-state index contributed by atoms with van der Waals surface area (Å²) >= 11 is 0. The molecule has 0 aromatic heterocycles. The monoisotopic (exact) mass is 236 g/mol. The molecule has 1 aliphatic heterocycles. The number of carbonyl (C=O) groups excluding carboxylic acids is 1. The van der Waals surface area contributed by atoms with Crippen LogP contribution in [-0.2, 0) is 9.47 Å². The van der Waals surface area contributed by atoms with Gasteiger partial charge >= 0.3 is 6.16 Å². The minimum Gasteiger partial charge on any atom is -0.430 e. The molecule has 0 aliphatic carbocycles. The molecule has 0 bridgehead atoms. The Morgan fingerprint density at radius 2 is 1.94 bits per heavy atom. The third kappa shape index (κ3) is 2.00. The summed E-state index contributed by atoms with van der Waals surface area (Å²) in [6, 6.07) is 9.16. The Kier molecular flexibility index (Phi) is 3.07. The lowest BCUT2D eigenvalue weighted by molar-refractivity contribution is -0.0854. The Hall–Kier alpha value is -1.55. The van der Waals surface area contributed by atoms with Gasteiger partial charge in [0, 0.05) is 0 Å². The second kappa shape index (κ2) is 4.37. The van der Waals surface area contributed by atoms with E-state index in [9.17, 15) is 9.90 Å². The van der Waals surface area contributed by atoms with Gasteiger partial charge in [-0.15, -0.1) is 0 Å². The second-order valence-electron chi connectivity index (χ2n) is 4.56. The van der Waals surface area contributed by atoms with Gasteiger partial charge in [0.25, 0.3) is 0 Å². The summed E-state index contributed by atoms with van der Waals surface area (Å²) in [5.74, 6) is -0.0378. The Morgan fingerprint density at radius 3 is 2.41 bits per heavy atom. The SMILES string of the molecule is CC(C)[C@]1([C@H](O)c2ccccc2)COC(=O)O1. The molecule has 0 saturated carbocycles. The van der Waals surface area contributed by atoms with Crippen molar-refractivity contribution in [2.24, 2.45) is 5.92 Å². The number of cyclic esters (lactones) is 2. The molecule has 1 aromatic carbocycles. The van der Waals surface area contributed by atoms with E-state index < -0.39 is 17.9 Å². The molecule has 1 fully saturated rings. The summed E-state index contributed by atoms with van der Waals surface area (Å²) in [4.78, 5) is 11.1. The van der Waals surface area contributed by atoms with Crippen LogP contribution >= 0.6 is 0 Å². The van der Waals surface area contributed by atoms with E-state index in [0.717, 1.165) is 5.56 Å². The minimum atomic E-state index is -0.988. The molecule has 1 heterocycles. The van der Waals surface area contributed by atoms with E-state index in [0.29, 0.717) is 0 Å². The molecule has 4 heteroatoms. The van der Waals surface area contributed by atoms with Crippen molar-refractivity contribution in [3.63, 3.8) is 0 Å². The van der Waals surface area contributed by atoms with Gasteiger partial charge in [-0.2, -0.15) is 0 Å². The lowest BCUT2D eigenvalue weighted by atomic mass is 9.82. The van der Waals surface area contributed by atoms with Crippen molar-refractivity contribution in [2.45, 2.75) is 25.6 Å². The highest BCUT2D eigenvalue weighted by atomic mass is 16.8. The van der Waals surface area contributed by atoms with Crippen LogP contribution in [0.25, 0.3) is 0 Å². The molecule has 0 spiro atoms. The van der Waals surface area contributed by atoms with Gasteiger partial charge in [-0.25, -0.2) is 4.79 Å². The highest BCUT2D eigenvalue weighted by Crippen LogP contribution is 2.39. The standard InChI is InChI=1S/C13H16O4/c1-9(2)13(8-16-12(15)17-13)11(14)10-6-4-3-5-7-10/h3-7,9,11,14H,8H2,1-2H3/t11-,13+/m1/s1. The van der Waals surface area contributed by atoms with E-state index >= 15 is 0 Å². The van der Waals surface area contributed by atoms with E-state index in [1.807, 2.05) is 32.0 Å². The molecule has 1 aromatic rings. The molecular weight excluding hydrogens is 220 g/mol. The zero-order chi connectivity index (χ0) is 12.5. The Bertz CT molecular complexity index is 401. The van der Waals surface area contributed by atoms with E-state index in [1.54, 1.807) is 12.1 Å². The first-order valence-electron chi connectivity index (χ1n) is 5.65. The van der Waals surface area contributed by atoms with Crippen LogP contribution in [0, 0.1) is 5.92 Å². The third-order valence-corrected chi connectivity index (χ3v) is 3.24. The van der Waals surface area contributed by atoms with Crippen molar-refractivity contribution in [1.29, 1.82) is 0 Å². The van der Waals surface area contributed by atoms with Gasteiger partial charge in [-0.05, 0) is 11.5 Å². The van der Waals surface area contributed by atoms with E-state index in [1.165, 1.54) is 0 Å². The Morgan fingerprint density at radius 1 is 1.29 bits per heavy atom. The maximum absolute atomic E-state index is 11.1. The number of aliphatic hydroxyl groups excluding tert-OH is 1. The predicted molar refractivity (Wildman–Crippen MR) is 61.4 cm³/mol. The number of hydrogen-bond donors (Lipinski definition) is 1. The molecule has 0 amide bonds. The first-order valence-corrected chi connectivity index (χ1v) is 5.65. The highest BCUT2D eigenvalue weighted by Gasteiger charge is 2.51. The third-order valence-electron chi connectivity index (χ3n) is 3.24. The molecule has 92 valence electrons. The lowest BCUT2D eigenvalue weighted by Gasteiger charge is -2.34. The van der Waals surface area contributed by atoms with E-state index in [-0.39, 0.29) is 12.5 Å². The summed E-state index contributed by atoms with van der Waals surface area (Å²) in [5.41, 5.74) is -0.266. The molecule has 4 nitrogen and oxygen atoms in total. The average molecular weight is 236 g/mol. The summed E-state index contributed by atoms with van der Waals surface area (Å²) in [7, 11) is 0. The second-order valence-corrected chi connectivity index (χ2v) is 4.56. The van der Waals surface area contributed by atoms with Crippen LogP contribution in [0.4, 0.5) is 4.79 Å². The maximum atomic E-state index is 11.1. The smallest absolute Gasteiger partial charge is 0.430 e. The molecule has 2 atom stereocenters. The first kappa shape index (κ1) is 11.9. The van der Waals surface area contributed by atoms with Crippen molar-refractivity contribution < 1.29 is 19.4 Å². The fourth-order valence-electron chi connectivity index (χ4n) is 2.04. The first-order chi connectivity index (χ1) is 8.06. The molecule has 0 unspecified atom stereocenters. The zero-order valence-electron chi connectivity index (χ0n) is 9.92. The predicted octanol–water partition coefficient (Wildman–Crippen LogP) is 2.28. The van der Waals surface area contributed by atoms with Gasteiger partial charge in [0.1, 0.15) is 12.7 Å². The quantitative estimate of drug-likeness (QED) is 0.818. The van der Waals surface area contributed by atoms with Crippen LogP contribution in [0.5, 0.6) is 0 Å². The molecule has 1 N–H and O–H groups in total. The van der Waals surface area contributed by atoms with Crippen LogP contribution in [0.3, 0.4) is 0 Å². The van der Waals surface area contributed by atoms with Crippen molar-refractivity contribution in [1.82, 2.24) is 0 Å². The lowest BCUT2D eigenvalue weighted by Crippen LogP contribution is -2.44. The Balaban J connectivity index is 2.32. The van der Waals surface area contributed by atoms with Gasteiger partial charge in [0.05, 0.1) is 0 Å². The maximum Gasteiger partial charge on any atom is 0.509 e. The summed E-state index contributed by atoms with van der Waals surface area (Å²) in [5, 5.41) is 10.4. The number of aliphatic hydroxyl groups is 1. The van der Waals surface area contributed by atoms with Gasteiger partial charge in [-0.3, -0.25) is 0 Å². The molecule has 1 aliphatic rings. The Labute approximate surface area is 100 Å². The van der Waals surface area contributed by atoms with E-state index in [4.69, 9.17) is 9.47 Å². The average Bonchev–Trinajstić information content (AvgIpc) is 2.73. The summed E-state index contributed by atoms with van der Waals surface area (Å²) in [6.07, 6.45) is -1.59. The normalized spacial score (nSPS) is 25.5. The van der Waals surface area contributed by atoms with Gasteiger partial charge in [0.2, 0.25) is 0 Å². The van der Waals surface area contributed by atoms with Crippen LogP contribution in [0.2, 0.25) is 0 Å². The van der Waals surface area contributed by atoms with Crippen molar-refractivity contribution in [3.8, 4) is 0 Å². The summed E-state index contributed by atoms with van der Waals surface area (Å²) < 4.78 is 10.1. The molecular formula is C13H16O4. The van der Waals surface area contributed by atoms with Crippen LogP contribution in [0.1, 0.15) is 25.5 Å². The van der Waals surface area contributed by atoms with Gasteiger partial charge in [-0.1, -0.05) is 44.2 Å². The molecule has 1 saturated heterocycles. The summed E-state index contributed by atoms with van der Waals surface area (Å²) in [6.45, 7) is 3.88. The van der Waals surface area contributed by atoms with Gasteiger partial charge in [0.15, 0.2) is 5.60 Å². The van der Waals surface area contributed by atoms with Crippen LogP contribution < -0.4 is 0 Å². The number of hydrogen-bond acceptors (Lipinski definition) is 4. The fraction of sp³-hybridized carbons (Fsp3) is 0.462. The zero-order valence-corrected chi connectivity index (χ0v) is 9.92. The van der Waals surface area contributed by atoms with Crippen LogP contribution in [-0.4, -0.2) is 23.5 Å². The van der Waals surface area contributed by atoms with Crippen molar-refractivity contribution >= 4 is 6.16 Å². The highest BCUT2D eigenvalue weighted by molar-refractivity contribution is 5.63.